The van der Waals surface area contributed by atoms with Crippen molar-refractivity contribution >= 4 is 34.9 Å². The number of hydrogen-bond acceptors (Lipinski definition) is 4. The number of halogens is 4. The highest BCUT2D eigenvalue weighted by molar-refractivity contribution is 6.33. The summed E-state index contributed by atoms with van der Waals surface area (Å²) in [4.78, 5) is 31.2. The molecule has 0 spiro atoms. The number of benzene rings is 2. The van der Waals surface area contributed by atoms with E-state index < -0.39 is 34.0 Å². The van der Waals surface area contributed by atoms with E-state index in [2.05, 4.69) is 10.5 Å². The van der Waals surface area contributed by atoms with Crippen LogP contribution in [0.3, 0.4) is 0 Å². The zero-order chi connectivity index (χ0) is 24.9. The average Bonchev–Trinajstić information content (AvgIpc) is 3.08. The Balaban J connectivity index is 1.59. The lowest BCUT2D eigenvalue weighted by Gasteiger charge is -2.39. The Morgan fingerprint density at radius 2 is 1.76 bits per heavy atom. The van der Waals surface area contributed by atoms with Crippen LogP contribution in [0.2, 0.25) is 5.02 Å². The average molecular weight is 493 g/mol. The van der Waals surface area contributed by atoms with Crippen molar-refractivity contribution in [3.05, 3.63) is 64.7 Å². The number of oxime groups is 1. The van der Waals surface area contributed by atoms with Crippen molar-refractivity contribution in [3.63, 3.8) is 0 Å². The van der Waals surface area contributed by atoms with Crippen LogP contribution >= 0.6 is 11.6 Å². The quantitative estimate of drug-likeness (QED) is 0.380. The van der Waals surface area contributed by atoms with Gasteiger partial charge in [-0.05, 0) is 48.6 Å². The third-order valence-electron chi connectivity index (χ3n) is 7.95. The highest BCUT2D eigenvalue weighted by atomic mass is 35.5. The first-order valence-electron chi connectivity index (χ1n) is 10.8. The zero-order valence-electron chi connectivity index (χ0n) is 18.9. The van der Waals surface area contributed by atoms with Crippen LogP contribution in [0.25, 0.3) is 0 Å². The Labute approximate surface area is 200 Å². The van der Waals surface area contributed by atoms with Crippen molar-refractivity contribution in [1.29, 1.82) is 0 Å². The molecule has 0 aliphatic heterocycles. The molecule has 9 heteroatoms. The predicted octanol–water partition coefficient (Wildman–Crippen LogP) is 6.73. The van der Waals surface area contributed by atoms with Gasteiger partial charge in [0.25, 0.3) is 0 Å². The minimum Gasteiger partial charge on any atom is -0.326 e. The van der Waals surface area contributed by atoms with Crippen molar-refractivity contribution < 1.29 is 27.6 Å². The largest absolute Gasteiger partial charge is 0.416 e. The van der Waals surface area contributed by atoms with Crippen LogP contribution in [-0.4, -0.2) is 17.6 Å². The molecule has 2 aliphatic carbocycles. The maximum Gasteiger partial charge on any atom is 0.416 e. The SMILES string of the molecule is CC12CCC(C(=O)Nc3cccc(C(F)(F)F)c3)(C/C1=N\OC(=O)c1ccccc1Cl)C2(C)C. The second-order valence-electron chi connectivity index (χ2n) is 9.65. The first-order chi connectivity index (χ1) is 15.8. The molecule has 2 aliphatic rings. The Hall–Kier alpha value is -2.87. The summed E-state index contributed by atoms with van der Waals surface area (Å²) < 4.78 is 39.3. The van der Waals surface area contributed by atoms with Crippen molar-refractivity contribution in [2.24, 2.45) is 21.4 Å². The van der Waals surface area contributed by atoms with Gasteiger partial charge in [0.2, 0.25) is 5.91 Å². The Morgan fingerprint density at radius 3 is 2.44 bits per heavy atom. The molecule has 2 atom stereocenters. The van der Waals surface area contributed by atoms with Gasteiger partial charge in [0.15, 0.2) is 0 Å². The van der Waals surface area contributed by atoms with Crippen LogP contribution in [0.1, 0.15) is 56.0 Å². The molecular formula is C25H24ClF3N2O3. The summed E-state index contributed by atoms with van der Waals surface area (Å²) in [5.41, 5.74) is -2.03. The third kappa shape index (κ3) is 3.68. The number of amides is 1. The number of nitrogens with one attached hydrogen (secondary N) is 1. The van der Waals surface area contributed by atoms with Gasteiger partial charge in [-0.25, -0.2) is 4.79 Å². The number of hydrogen-bond donors (Lipinski definition) is 1. The molecule has 1 amide bonds. The number of carbonyl (C=O) groups is 2. The van der Waals surface area contributed by atoms with Crippen LogP contribution in [0.5, 0.6) is 0 Å². The molecule has 1 N–H and O–H groups in total. The highest BCUT2D eigenvalue weighted by Gasteiger charge is 2.71. The van der Waals surface area contributed by atoms with Gasteiger partial charge in [-0.3, -0.25) is 4.79 Å². The number of rotatable bonds is 4. The molecule has 0 heterocycles. The van der Waals surface area contributed by atoms with E-state index in [4.69, 9.17) is 16.4 Å². The summed E-state index contributed by atoms with van der Waals surface area (Å²) in [5.74, 6) is -1.08. The van der Waals surface area contributed by atoms with Crippen LogP contribution in [0.15, 0.2) is 53.7 Å². The Bertz CT molecular complexity index is 1190. The van der Waals surface area contributed by atoms with Gasteiger partial charge in [0.05, 0.1) is 27.3 Å². The second kappa shape index (κ2) is 8.12. The summed E-state index contributed by atoms with van der Waals surface area (Å²) in [7, 11) is 0. The summed E-state index contributed by atoms with van der Waals surface area (Å²) in [6.45, 7) is 5.87. The summed E-state index contributed by atoms with van der Waals surface area (Å²) in [6.07, 6.45) is -3.11. The number of fused-ring (bicyclic) bond motifs is 2. The van der Waals surface area contributed by atoms with Gasteiger partial charge < -0.3 is 10.2 Å². The van der Waals surface area contributed by atoms with E-state index >= 15 is 0 Å². The molecule has 34 heavy (non-hydrogen) atoms. The fraction of sp³-hybridized carbons (Fsp3) is 0.400. The number of nitrogens with zero attached hydrogens (tertiary/aromatic N) is 1. The van der Waals surface area contributed by atoms with Crippen LogP contribution in [-0.2, 0) is 15.8 Å². The van der Waals surface area contributed by atoms with Crippen molar-refractivity contribution in [1.82, 2.24) is 0 Å². The molecule has 2 saturated carbocycles. The maximum atomic E-state index is 13.5. The summed E-state index contributed by atoms with van der Waals surface area (Å²) in [6, 6.07) is 11.0. The molecule has 0 radical (unpaired) electrons. The summed E-state index contributed by atoms with van der Waals surface area (Å²) >= 11 is 6.06. The Kier molecular flexibility index (Phi) is 5.79. The summed E-state index contributed by atoms with van der Waals surface area (Å²) in [5, 5.41) is 7.08. The monoisotopic (exact) mass is 492 g/mol. The van der Waals surface area contributed by atoms with E-state index in [1.165, 1.54) is 18.2 Å². The standard InChI is InChI=1S/C25H24ClF3N2O3/c1-22(2)23(3)11-12-24(22,21(33)30-16-8-6-7-15(13-16)25(27,28)29)14-19(23)31-34-20(32)17-9-4-5-10-18(17)26/h4-10,13H,11-12,14H2,1-3H3,(H,30,33)/b31-19+. The molecule has 180 valence electrons. The van der Waals surface area contributed by atoms with Crippen LogP contribution in [0.4, 0.5) is 18.9 Å². The lowest BCUT2D eigenvalue weighted by Crippen LogP contribution is -2.43. The molecule has 0 aromatic heterocycles. The molecular weight excluding hydrogens is 469 g/mol. The first-order valence-corrected chi connectivity index (χ1v) is 11.2. The van der Waals surface area contributed by atoms with Crippen molar-refractivity contribution in [2.45, 2.75) is 46.2 Å². The van der Waals surface area contributed by atoms with E-state index in [0.29, 0.717) is 18.6 Å². The van der Waals surface area contributed by atoms with E-state index in [0.717, 1.165) is 12.1 Å². The molecule has 4 rings (SSSR count). The molecule has 2 unspecified atom stereocenters. The van der Waals surface area contributed by atoms with Gasteiger partial charge >= 0.3 is 12.1 Å². The third-order valence-corrected chi connectivity index (χ3v) is 8.28. The van der Waals surface area contributed by atoms with Gasteiger partial charge in [-0.15, -0.1) is 0 Å². The number of alkyl halides is 3. The van der Waals surface area contributed by atoms with Gasteiger partial charge in [0.1, 0.15) is 0 Å². The van der Waals surface area contributed by atoms with Crippen LogP contribution < -0.4 is 5.32 Å². The molecule has 2 bridgehead atoms. The Morgan fingerprint density at radius 1 is 1.06 bits per heavy atom. The normalized spacial score (nSPS) is 26.5. The number of anilines is 1. The minimum atomic E-state index is -4.51. The highest BCUT2D eigenvalue weighted by Crippen LogP contribution is 2.71. The van der Waals surface area contributed by atoms with Gasteiger partial charge in [-0.1, -0.05) is 55.7 Å². The molecule has 5 nitrogen and oxygen atoms in total. The lowest BCUT2D eigenvalue weighted by molar-refractivity contribution is -0.137. The smallest absolute Gasteiger partial charge is 0.326 e. The molecule has 2 fully saturated rings. The first kappa shape index (κ1) is 24.3. The van der Waals surface area contributed by atoms with E-state index in [1.54, 1.807) is 18.2 Å². The molecule has 0 saturated heterocycles. The second-order valence-corrected chi connectivity index (χ2v) is 10.1. The number of carbonyl (C=O) groups excluding carboxylic acids is 2. The fourth-order valence-electron chi connectivity index (χ4n) is 5.32. The topological polar surface area (TPSA) is 67.8 Å². The van der Waals surface area contributed by atoms with Crippen LogP contribution in [0, 0.1) is 16.2 Å². The minimum absolute atomic E-state index is 0.0779. The van der Waals surface area contributed by atoms with Crippen molar-refractivity contribution in [3.8, 4) is 0 Å². The van der Waals surface area contributed by atoms with E-state index in [9.17, 15) is 22.8 Å². The van der Waals surface area contributed by atoms with Gasteiger partial charge in [-0.2, -0.15) is 13.2 Å². The van der Waals surface area contributed by atoms with Crippen molar-refractivity contribution in [2.75, 3.05) is 5.32 Å². The van der Waals surface area contributed by atoms with E-state index in [1.807, 2.05) is 20.8 Å². The fourth-order valence-corrected chi connectivity index (χ4v) is 5.53. The predicted molar refractivity (Wildman–Crippen MR) is 123 cm³/mol. The maximum absolute atomic E-state index is 13.5. The lowest BCUT2D eigenvalue weighted by atomic mass is 9.64. The van der Waals surface area contributed by atoms with E-state index in [-0.39, 0.29) is 28.6 Å². The molecule has 2 aromatic rings. The zero-order valence-corrected chi connectivity index (χ0v) is 19.7. The van der Waals surface area contributed by atoms with Gasteiger partial charge in [0, 0.05) is 17.5 Å². The molecule has 2 aromatic carbocycles.